The Bertz CT molecular complexity index is 3420. The second kappa shape index (κ2) is 16.9. The quantitative estimate of drug-likeness (QED) is 0.133. The highest BCUT2D eigenvalue weighted by molar-refractivity contribution is 6.03. The Balaban J connectivity index is 0.000000151. The number of fused-ring (bicyclic) bond motifs is 4. The van der Waals surface area contributed by atoms with E-state index in [2.05, 4.69) is 84.9 Å². The monoisotopic (exact) mass is 926 g/mol. The van der Waals surface area contributed by atoms with Crippen LogP contribution in [0.1, 0.15) is 90.7 Å². The van der Waals surface area contributed by atoms with Crippen LogP contribution in [-0.4, -0.2) is 129 Å². The number of aryl methyl sites for hydroxylation is 2. The third-order valence-corrected chi connectivity index (χ3v) is 13.3. The number of nitrogens with two attached hydrogens (primary N) is 2. The lowest BCUT2D eigenvalue weighted by Gasteiger charge is -2.40. The Morgan fingerprint density at radius 1 is 0.623 bits per heavy atom. The molecule has 2 aliphatic carbocycles. The number of rotatable bonds is 9. The number of pyridine rings is 2. The average molecular weight is 927 g/mol. The van der Waals surface area contributed by atoms with Crippen LogP contribution in [0.2, 0.25) is 0 Å². The molecule has 4 aliphatic rings. The summed E-state index contributed by atoms with van der Waals surface area (Å²) in [6.07, 6.45) is 17.2. The molecule has 8 aromatic rings. The summed E-state index contributed by atoms with van der Waals surface area (Å²) in [5.74, 6) is 13.1. The number of nitrogen functional groups attached to an aromatic ring is 2. The molecule has 18 heteroatoms. The second-order valence-electron chi connectivity index (χ2n) is 20.1. The van der Waals surface area contributed by atoms with Crippen molar-refractivity contribution < 1.29 is 10.2 Å². The van der Waals surface area contributed by atoms with Crippen molar-refractivity contribution in [3.8, 4) is 46.2 Å². The van der Waals surface area contributed by atoms with Crippen LogP contribution < -0.4 is 11.5 Å². The smallest absolute Gasteiger partial charge is 0.221 e. The molecule has 4 fully saturated rings. The molecule has 6 N–H and O–H groups in total. The minimum atomic E-state index is -1.09. The number of aliphatic hydroxyl groups is 2. The summed E-state index contributed by atoms with van der Waals surface area (Å²) in [6, 6.07) is 5.47. The fraction of sp³-hybridized carbons (Fsp3) is 0.451. The summed E-state index contributed by atoms with van der Waals surface area (Å²) in [7, 11) is 0. The minimum absolute atomic E-state index is 0.221. The van der Waals surface area contributed by atoms with Crippen molar-refractivity contribution in [2.75, 3.05) is 44.2 Å². The summed E-state index contributed by atoms with van der Waals surface area (Å²) < 4.78 is 8.33. The van der Waals surface area contributed by atoms with Gasteiger partial charge in [0.15, 0.2) is 0 Å². The van der Waals surface area contributed by atoms with Crippen molar-refractivity contribution in [2.24, 2.45) is 5.92 Å². The van der Waals surface area contributed by atoms with Gasteiger partial charge in [0.05, 0.1) is 47.9 Å². The van der Waals surface area contributed by atoms with Gasteiger partial charge in [0.25, 0.3) is 0 Å². The molecule has 8 aromatic heterocycles. The summed E-state index contributed by atoms with van der Waals surface area (Å²) >= 11 is 0. The van der Waals surface area contributed by atoms with E-state index in [-0.39, 0.29) is 11.9 Å². The molecule has 12 rings (SSSR count). The van der Waals surface area contributed by atoms with E-state index in [0.29, 0.717) is 34.9 Å². The SMILES string of the molecule is CCn1cc2nc(N)nc(-c3cn(C4CN(C5CC5)C4)c4cnc(C#CC(C)(C)O)cc34)c2n1.CCn1cc2nc(N)nc(-c3cn(C4CN(CC5CC5)C4)c4cnc(C#CC(C)(C)O)cc34)c2n1. The van der Waals surface area contributed by atoms with E-state index < -0.39 is 11.2 Å². The van der Waals surface area contributed by atoms with Crippen molar-refractivity contribution >= 4 is 55.8 Å². The van der Waals surface area contributed by atoms with Gasteiger partial charge in [-0.2, -0.15) is 10.2 Å². The number of hydrogen-bond acceptors (Lipinski definition) is 14. The molecular weight excluding hydrogens is 869 g/mol. The molecule has 0 spiro atoms. The van der Waals surface area contributed by atoms with Crippen LogP contribution >= 0.6 is 0 Å². The van der Waals surface area contributed by atoms with Crippen molar-refractivity contribution in [1.29, 1.82) is 0 Å². The molecule has 0 bridgehead atoms. The first kappa shape index (κ1) is 44.5. The van der Waals surface area contributed by atoms with Crippen LogP contribution in [0.4, 0.5) is 11.9 Å². The maximum atomic E-state index is 10.1. The molecule has 354 valence electrons. The van der Waals surface area contributed by atoms with Crippen LogP contribution in [0.5, 0.6) is 0 Å². The standard InChI is InChI=1S/C26H30N8O.C25H28N8O/c1-4-33-15-21-24(31-33)23(30-25(27)29-21)20-14-34(18-12-32(13-18)11-16-5-6-16)22-10-28-17(9-19(20)22)7-8-26(2,3)35;1-4-32-14-20-23(30-32)22(29-24(26)28-20)19-13-33(17-11-31(12-17)16-5-6-16)21-10-27-15(9-18(19)21)7-8-25(2,3)34/h9-10,14-16,18,35H,4-6,11-13H2,1-3H3,(H2,27,29);9-10,13-14,16-17,34H,4-6,11-12H2,1-3H3,(H2,26,28). The predicted molar refractivity (Wildman–Crippen MR) is 266 cm³/mol. The van der Waals surface area contributed by atoms with Gasteiger partial charge in [-0.15, -0.1) is 0 Å². The molecule has 0 unspecified atom stereocenters. The Kier molecular flexibility index (Phi) is 10.9. The van der Waals surface area contributed by atoms with Gasteiger partial charge in [-0.1, -0.05) is 11.8 Å². The molecule has 0 atom stereocenters. The summed E-state index contributed by atoms with van der Waals surface area (Å²) in [5.41, 5.74) is 19.5. The molecule has 0 radical (unpaired) electrons. The number of anilines is 2. The van der Waals surface area contributed by atoms with E-state index in [4.69, 9.17) is 21.7 Å². The normalized spacial score (nSPS) is 17.1. The lowest BCUT2D eigenvalue weighted by molar-refractivity contribution is 0.101. The number of nitrogens with zero attached hydrogens (tertiary/aromatic N) is 14. The Hall–Kier alpha value is -6.96. The molecule has 10 heterocycles. The molecule has 2 saturated heterocycles. The van der Waals surface area contributed by atoms with Gasteiger partial charge in [0, 0.05) is 86.1 Å². The van der Waals surface area contributed by atoms with Gasteiger partial charge in [-0.25, -0.2) is 29.9 Å². The highest BCUT2D eigenvalue weighted by atomic mass is 16.3. The Morgan fingerprint density at radius 2 is 1.09 bits per heavy atom. The third-order valence-electron chi connectivity index (χ3n) is 13.3. The topological polar surface area (TPSA) is 222 Å². The predicted octanol–water partition coefficient (Wildman–Crippen LogP) is 5.42. The molecule has 0 amide bonds. The first-order valence-electron chi connectivity index (χ1n) is 24.1. The number of hydrogen-bond donors (Lipinski definition) is 4. The summed E-state index contributed by atoms with van der Waals surface area (Å²) in [5, 5.41) is 31.5. The lowest BCUT2D eigenvalue weighted by Crippen LogP contribution is -2.48. The fourth-order valence-corrected chi connectivity index (χ4v) is 9.44. The van der Waals surface area contributed by atoms with Crippen molar-refractivity contribution in [2.45, 2.75) is 110 Å². The molecule has 2 aliphatic heterocycles. The van der Waals surface area contributed by atoms with Crippen LogP contribution in [-0.2, 0) is 13.1 Å². The second-order valence-corrected chi connectivity index (χ2v) is 20.1. The van der Waals surface area contributed by atoms with Crippen molar-refractivity contribution in [1.82, 2.24) is 68.4 Å². The minimum Gasteiger partial charge on any atom is -0.378 e. The molecule has 69 heavy (non-hydrogen) atoms. The van der Waals surface area contributed by atoms with Gasteiger partial charge in [-0.3, -0.25) is 19.2 Å². The largest absolute Gasteiger partial charge is 0.378 e. The van der Waals surface area contributed by atoms with E-state index in [1.165, 1.54) is 32.2 Å². The highest BCUT2D eigenvalue weighted by Crippen LogP contribution is 2.41. The van der Waals surface area contributed by atoms with E-state index in [9.17, 15) is 10.2 Å². The van der Waals surface area contributed by atoms with Gasteiger partial charge in [0.1, 0.15) is 56.0 Å². The Morgan fingerprint density at radius 3 is 1.51 bits per heavy atom. The van der Waals surface area contributed by atoms with E-state index in [0.717, 1.165) is 106 Å². The van der Waals surface area contributed by atoms with Crippen molar-refractivity contribution in [3.63, 3.8) is 0 Å². The molecule has 18 nitrogen and oxygen atoms in total. The summed E-state index contributed by atoms with van der Waals surface area (Å²) in [4.78, 5) is 32.3. The lowest BCUT2D eigenvalue weighted by atomic mass is 10.1. The van der Waals surface area contributed by atoms with Gasteiger partial charge in [-0.05, 0) is 97.1 Å². The average Bonchev–Trinajstić information content (AvgIpc) is 4.12. The van der Waals surface area contributed by atoms with Gasteiger partial charge in [0.2, 0.25) is 11.9 Å². The highest BCUT2D eigenvalue weighted by Gasteiger charge is 2.39. The number of aromatic nitrogens is 12. The zero-order valence-electron chi connectivity index (χ0n) is 40.0. The van der Waals surface area contributed by atoms with Crippen LogP contribution in [0.3, 0.4) is 0 Å². The third kappa shape index (κ3) is 9.08. The molecule has 0 aromatic carbocycles. The van der Waals surface area contributed by atoms with Crippen molar-refractivity contribution in [3.05, 3.63) is 60.7 Å². The maximum absolute atomic E-state index is 10.1. The summed E-state index contributed by atoms with van der Waals surface area (Å²) in [6.45, 7) is 17.5. The zero-order chi connectivity index (χ0) is 47.9. The molecular formula is C51H58N16O2. The van der Waals surface area contributed by atoms with Crippen LogP contribution in [0, 0.1) is 29.6 Å². The first-order chi connectivity index (χ1) is 33.1. The zero-order valence-corrected chi connectivity index (χ0v) is 40.0. The van der Waals surface area contributed by atoms with E-state index >= 15 is 0 Å². The fourth-order valence-electron chi connectivity index (χ4n) is 9.44. The van der Waals surface area contributed by atoms with Crippen LogP contribution in [0.15, 0.2) is 49.3 Å². The maximum Gasteiger partial charge on any atom is 0.221 e. The number of likely N-dealkylation sites (tertiary alicyclic amines) is 2. The van der Waals surface area contributed by atoms with Gasteiger partial charge >= 0.3 is 0 Å². The van der Waals surface area contributed by atoms with E-state index in [1.807, 2.05) is 60.1 Å². The van der Waals surface area contributed by atoms with E-state index in [1.54, 1.807) is 27.7 Å². The Labute approximate surface area is 399 Å². The van der Waals surface area contributed by atoms with Gasteiger partial charge < -0.3 is 30.8 Å². The first-order valence-corrected chi connectivity index (χ1v) is 24.1. The molecule has 2 saturated carbocycles. The van der Waals surface area contributed by atoms with Crippen LogP contribution in [0.25, 0.3) is 66.4 Å².